The van der Waals surface area contributed by atoms with E-state index in [-0.39, 0.29) is 32.8 Å². The first-order chi connectivity index (χ1) is 16.4. The number of hydrogen-bond acceptors (Lipinski definition) is 6. The zero-order valence-electron chi connectivity index (χ0n) is 19.7. The van der Waals surface area contributed by atoms with Crippen LogP contribution in [0.1, 0.15) is 29.8 Å². The molecule has 35 heavy (non-hydrogen) atoms. The van der Waals surface area contributed by atoms with Gasteiger partial charge in [-0.15, -0.1) is 0 Å². The van der Waals surface area contributed by atoms with Crippen LogP contribution in [0.25, 0.3) is 0 Å². The van der Waals surface area contributed by atoms with E-state index in [2.05, 4.69) is 14.8 Å². The van der Waals surface area contributed by atoms with E-state index in [9.17, 15) is 21.6 Å². The molecule has 0 atom stereocenters. The smallest absolute Gasteiger partial charge is 0.261 e. The molecule has 0 aliphatic carbocycles. The van der Waals surface area contributed by atoms with E-state index in [0.717, 1.165) is 5.56 Å². The van der Waals surface area contributed by atoms with Crippen molar-refractivity contribution in [3.8, 4) is 5.75 Å². The number of amides is 1. The highest BCUT2D eigenvalue weighted by Crippen LogP contribution is 2.25. The van der Waals surface area contributed by atoms with Crippen LogP contribution in [0.4, 0.5) is 11.4 Å². The molecule has 0 bridgehead atoms. The Labute approximate surface area is 205 Å². The summed E-state index contributed by atoms with van der Waals surface area (Å²) in [5.74, 6) is -0.234. The van der Waals surface area contributed by atoms with Crippen molar-refractivity contribution in [2.24, 2.45) is 0 Å². The lowest BCUT2D eigenvalue weighted by Gasteiger charge is -2.14. The minimum atomic E-state index is -4.08. The van der Waals surface area contributed by atoms with Gasteiger partial charge >= 0.3 is 0 Å². The Hall–Kier alpha value is -3.57. The Bertz CT molecular complexity index is 1430. The molecule has 186 valence electrons. The Kier molecular flexibility index (Phi) is 7.71. The molecule has 3 aromatic rings. The number of sulfonamides is 2. The fraction of sp³-hybridized carbons (Fsp3) is 0.208. The van der Waals surface area contributed by atoms with Crippen molar-refractivity contribution in [3.05, 3.63) is 77.9 Å². The zero-order valence-corrected chi connectivity index (χ0v) is 21.3. The maximum atomic E-state index is 12.9. The van der Waals surface area contributed by atoms with Crippen LogP contribution in [0.3, 0.4) is 0 Å². The summed E-state index contributed by atoms with van der Waals surface area (Å²) >= 11 is 0. The number of nitrogens with one attached hydrogen (secondary N) is 3. The van der Waals surface area contributed by atoms with Crippen molar-refractivity contribution in [2.75, 3.05) is 16.6 Å². The molecule has 3 rings (SSSR count). The Balaban J connectivity index is 1.82. The first kappa shape index (κ1) is 26.0. The molecule has 0 saturated heterocycles. The molecule has 9 nitrogen and oxygen atoms in total. The van der Waals surface area contributed by atoms with Gasteiger partial charge in [-0.25, -0.2) is 16.8 Å². The van der Waals surface area contributed by atoms with Gasteiger partial charge in [0.15, 0.2) is 0 Å². The molecule has 0 saturated carbocycles. The van der Waals surface area contributed by atoms with Gasteiger partial charge in [0.1, 0.15) is 5.75 Å². The monoisotopic (exact) mass is 517 g/mol. The Morgan fingerprint density at radius 3 is 2.00 bits per heavy atom. The van der Waals surface area contributed by atoms with Crippen molar-refractivity contribution in [1.29, 1.82) is 0 Å². The van der Waals surface area contributed by atoms with Gasteiger partial charge in [-0.2, -0.15) is 0 Å². The molecule has 1 amide bonds. The fourth-order valence-electron chi connectivity index (χ4n) is 3.21. The topological polar surface area (TPSA) is 131 Å². The fourth-order valence-corrected chi connectivity index (χ4v) is 5.34. The van der Waals surface area contributed by atoms with Gasteiger partial charge < -0.3 is 10.1 Å². The third kappa shape index (κ3) is 6.52. The number of benzene rings is 3. The summed E-state index contributed by atoms with van der Waals surface area (Å²) in [5.41, 5.74) is 1.56. The quantitative estimate of drug-likeness (QED) is 0.396. The number of anilines is 2. The van der Waals surface area contributed by atoms with Gasteiger partial charge in [-0.3, -0.25) is 14.2 Å². The predicted molar refractivity (Wildman–Crippen MR) is 135 cm³/mol. The van der Waals surface area contributed by atoms with Gasteiger partial charge in [-0.05, 0) is 80.9 Å². The predicted octanol–water partition coefficient (Wildman–Crippen LogP) is 3.74. The second-order valence-corrected chi connectivity index (χ2v) is 11.5. The van der Waals surface area contributed by atoms with Crippen LogP contribution in [0.15, 0.2) is 76.5 Å². The second kappa shape index (κ2) is 10.4. The molecular weight excluding hydrogens is 490 g/mol. The normalized spacial score (nSPS) is 11.7. The summed E-state index contributed by atoms with van der Waals surface area (Å²) in [6, 6.07) is 16.0. The molecule has 0 radical (unpaired) electrons. The minimum absolute atomic E-state index is 0.0287. The van der Waals surface area contributed by atoms with Crippen molar-refractivity contribution in [2.45, 2.75) is 36.6 Å². The molecule has 11 heteroatoms. The van der Waals surface area contributed by atoms with Gasteiger partial charge in [0.2, 0.25) is 0 Å². The standard InChI is InChI=1S/C24H27N3O6S2/c1-16(2)25-24(28)22-15-21(12-13-23(22)33-4)35(31,32)26-18-8-10-20(11-9-18)34(29,30)27-19-7-5-6-17(3)14-19/h5-16,26-27H,1-4H3,(H,25,28). The second-order valence-electron chi connectivity index (χ2n) is 8.10. The zero-order chi connectivity index (χ0) is 25.8. The van der Waals surface area contributed by atoms with E-state index >= 15 is 0 Å². The van der Waals surface area contributed by atoms with E-state index in [0.29, 0.717) is 5.69 Å². The Morgan fingerprint density at radius 1 is 0.800 bits per heavy atom. The highest BCUT2D eigenvalue weighted by atomic mass is 32.2. The molecule has 3 N–H and O–H groups in total. The van der Waals surface area contributed by atoms with Crippen LogP contribution in [0.2, 0.25) is 0 Å². The van der Waals surface area contributed by atoms with E-state index in [1.54, 1.807) is 32.0 Å². The molecule has 3 aromatic carbocycles. The number of carbonyl (C=O) groups is 1. The van der Waals surface area contributed by atoms with E-state index in [4.69, 9.17) is 4.74 Å². The maximum Gasteiger partial charge on any atom is 0.261 e. The molecular formula is C24H27N3O6S2. The van der Waals surface area contributed by atoms with E-state index in [1.807, 2.05) is 13.0 Å². The first-order valence-corrected chi connectivity index (χ1v) is 13.6. The SMILES string of the molecule is COc1ccc(S(=O)(=O)Nc2ccc(S(=O)(=O)Nc3cccc(C)c3)cc2)cc1C(=O)NC(C)C. The van der Waals surface area contributed by atoms with Crippen LogP contribution < -0.4 is 19.5 Å². The van der Waals surface area contributed by atoms with Crippen LogP contribution in [0.5, 0.6) is 5.75 Å². The molecule has 0 fully saturated rings. The molecule has 0 unspecified atom stereocenters. The summed E-state index contributed by atoms with van der Waals surface area (Å²) in [4.78, 5) is 12.3. The Morgan fingerprint density at radius 2 is 1.40 bits per heavy atom. The summed E-state index contributed by atoms with van der Waals surface area (Å²) in [5, 5.41) is 2.71. The van der Waals surface area contributed by atoms with E-state index in [1.165, 1.54) is 49.6 Å². The number of rotatable bonds is 9. The highest BCUT2D eigenvalue weighted by molar-refractivity contribution is 7.93. The third-order valence-corrected chi connectivity index (χ3v) is 7.61. The molecule has 0 aliphatic heterocycles. The van der Waals surface area contributed by atoms with Crippen LogP contribution in [-0.2, 0) is 20.0 Å². The largest absolute Gasteiger partial charge is 0.496 e. The van der Waals surface area contributed by atoms with Crippen LogP contribution >= 0.6 is 0 Å². The summed E-state index contributed by atoms with van der Waals surface area (Å²) in [7, 11) is -6.55. The molecule has 0 heterocycles. The summed E-state index contributed by atoms with van der Waals surface area (Å²) in [6.45, 7) is 5.42. The molecule has 0 spiro atoms. The average molecular weight is 518 g/mol. The number of methoxy groups -OCH3 is 1. The van der Waals surface area contributed by atoms with E-state index < -0.39 is 26.0 Å². The van der Waals surface area contributed by atoms with Gasteiger partial charge in [0, 0.05) is 17.4 Å². The first-order valence-electron chi connectivity index (χ1n) is 10.6. The highest BCUT2D eigenvalue weighted by Gasteiger charge is 2.21. The number of ether oxygens (including phenoxy) is 1. The maximum absolute atomic E-state index is 12.9. The van der Waals surface area contributed by atoms with Gasteiger partial charge in [0.05, 0.1) is 22.5 Å². The lowest BCUT2D eigenvalue weighted by molar-refractivity contribution is 0.0940. The number of aryl methyl sites for hydroxylation is 1. The van der Waals surface area contributed by atoms with Crippen molar-refractivity contribution >= 4 is 37.3 Å². The minimum Gasteiger partial charge on any atom is -0.496 e. The molecule has 0 aromatic heterocycles. The number of hydrogen-bond donors (Lipinski definition) is 3. The third-order valence-electron chi connectivity index (χ3n) is 4.83. The van der Waals surface area contributed by atoms with Crippen molar-refractivity contribution in [1.82, 2.24) is 5.32 Å². The van der Waals surface area contributed by atoms with Crippen LogP contribution in [-0.4, -0.2) is 35.9 Å². The number of carbonyl (C=O) groups excluding carboxylic acids is 1. The van der Waals surface area contributed by atoms with Gasteiger partial charge in [-0.1, -0.05) is 12.1 Å². The molecule has 0 aliphatic rings. The average Bonchev–Trinajstić information content (AvgIpc) is 2.78. The lowest BCUT2D eigenvalue weighted by atomic mass is 10.2. The van der Waals surface area contributed by atoms with Crippen molar-refractivity contribution < 1.29 is 26.4 Å². The van der Waals surface area contributed by atoms with Gasteiger partial charge in [0.25, 0.3) is 26.0 Å². The summed E-state index contributed by atoms with van der Waals surface area (Å²) in [6.07, 6.45) is 0. The van der Waals surface area contributed by atoms with Crippen LogP contribution in [0, 0.1) is 6.92 Å². The lowest BCUT2D eigenvalue weighted by Crippen LogP contribution is -2.30. The van der Waals surface area contributed by atoms with Crippen molar-refractivity contribution in [3.63, 3.8) is 0 Å². The summed E-state index contributed by atoms with van der Waals surface area (Å²) < 4.78 is 61.3.